The molecule has 1 unspecified atom stereocenters. The van der Waals surface area contributed by atoms with Gasteiger partial charge in [-0.3, -0.25) is 4.79 Å². The third-order valence-electron chi connectivity index (χ3n) is 4.82. The highest BCUT2D eigenvalue weighted by Gasteiger charge is 2.29. The van der Waals surface area contributed by atoms with Crippen molar-refractivity contribution < 1.29 is 9.59 Å². The highest BCUT2D eigenvalue weighted by molar-refractivity contribution is 6.30. The first-order chi connectivity index (χ1) is 12.1. The highest BCUT2D eigenvalue weighted by Crippen LogP contribution is 2.18. The Balaban J connectivity index is 1.42. The summed E-state index contributed by atoms with van der Waals surface area (Å²) in [6, 6.07) is 3.67. The smallest absolute Gasteiger partial charge is 0.317 e. The number of nitrogens with one attached hydrogen (secondary N) is 1. The SMILES string of the molecule is CCN1CC(CNC(=O)N2CCN(c3ccc(Cl)cn3)CC2)CC1=O. The first-order valence-electron chi connectivity index (χ1n) is 8.74. The van der Waals surface area contributed by atoms with Crippen molar-refractivity contribution in [3.63, 3.8) is 0 Å². The summed E-state index contributed by atoms with van der Waals surface area (Å²) in [5, 5.41) is 3.60. The lowest BCUT2D eigenvalue weighted by Crippen LogP contribution is -2.52. The van der Waals surface area contributed by atoms with E-state index in [0.29, 0.717) is 31.1 Å². The first-order valence-corrected chi connectivity index (χ1v) is 9.11. The molecule has 7 nitrogen and oxygen atoms in total. The van der Waals surface area contributed by atoms with Gasteiger partial charge in [0, 0.05) is 64.3 Å². The second kappa shape index (κ2) is 7.91. The molecule has 0 radical (unpaired) electrons. The van der Waals surface area contributed by atoms with Gasteiger partial charge in [-0.2, -0.15) is 0 Å². The molecule has 3 amide bonds. The van der Waals surface area contributed by atoms with Crippen molar-refractivity contribution in [1.29, 1.82) is 0 Å². The van der Waals surface area contributed by atoms with Crippen LogP contribution in [0.5, 0.6) is 0 Å². The van der Waals surface area contributed by atoms with Gasteiger partial charge >= 0.3 is 6.03 Å². The second-order valence-electron chi connectivity index (χ2n) is 6.50. The fraction of sp³-hybridized carbons (Fsp3) is 0.588. The molecular weight excluding hydrogens is 342 g/mol. The van der Waals surface area contributed by atoms with Crippen LogP contribution in [0.1, 0.15) is 13.3 Å². The Hall–Kier alpha value is -2.02. The van der Waals surface area contributed by atoms with Gasteiger partial charge < -0.3 is 20.0 Å². The van der Waals surface area contributed by atoms with Gasteiger partial charge in [-0.25, -0.2) is 9.78 Å². The van der Waals surface area contributed by atoms with Crippen LogP contribution < -0.4 is 10.2 Å². The molecule has 0 saturated carbocycles. The van der Waals surface area contributed by atoms with E-state index < -0.39 is 0 Å². The van der Waals surface area contributed by atoms with Crippen LogP contribution in [0.15, 0.2) is 18.3 Å². The predicted octanol–water partition coefficient (Wildman–Crippen LogP) is 1.44. The molecule has 0 spiro atoms. The van der Waals surface area contributed by atoms with E-state index in [-0.39, 0.29) is 17.9 Å². The van der Waals surface area contributed by atoms with Crippen molar-refractivity contribution in [3.8, 4) is 0 Å². The molecule has 0 aliphatic carbocycles. The summed E-state index contributed by atoms with van der Waals surface area (Å²) in [4.78, 5) is 34.2. The number of hydrogen-bond acceptors (Lipinski definition) is 4. The molecule has 1 N–H and O–H groups in total. The van der Waals surface area contributed by atoms with Crippen molar-refractivity contribution in [1.82, 2.24) is 20.1 Å². The van der Waals surface area contributed by atoms with E-state index in [1.165, 1.54) is 0 Å². The van der Waals surface area contributed by atoms with Crippen LogP contribution in [0.2, 0.25) is 5.02 Å². The van der Waals surface area contributed by atoms with E-state index in [9.17, 15) is 9.59 Å². The number of carbonyl (C=O) groups is 2. The largest absolute Gasteiger partial charge is 0.353 e. The maximum absolute atomic E-state index is 12.3. The third-order valence-corrected chi connectivity index (χ3v) is 5.04. The van der Waals surface area contributed by atoms with Gasteiger partial charge in [0.15, 0.2) is 0 Å². The van der Waals surface area contributed by atoms with Gasteiger partial charge in [0.05, 0.1) is 5.02 Å². The molecule has 136 valence electrons. The minimum absolute atomic E-state index is 0.0499. The maximum Gasteiger partial charge on any atom is 0.317 e. The molecule has 8 heteroatoms. The Morgan fingerprint density at radius 3 is 2.68 bits per heavy atom. The topological polar surface area (TPSA) is 68.8 Å². The minimum atomic E-state index is -0.0499. The molecule has 2 aliphatic heterocycles. The Bertz CT molecular complexity index is 616. The lowest BCUT2D eigenvalue weighted by molar-refractivity contribution is -0.127. The number of anilines is 1. The zero-order chi connectivity index (χ0) is 17.8. The van der Waals surface area contributed by atoms with Crippen LogP contribution in [0.4, 0.5) is 10.6 Å². The molecule has 2 fully saturated rings. The van der Waals surface area contributed by atoms with Crippen LogP contribution >= 0.6 is 11.6 Å². The molecule has 3 heterocycles. The number of pyridine rings is 1. The number of nitrogens with zero attached hydrogens (tertiary/aromatic N) is 4. The van der Waals surface area contributed by atoms with Crippen molar-refractivity contribution in [2.24, 2.45) is 5.92 Å². The molecule has 2 saturated heterocycles. The molecule has 25 heavy (non-hydrogen) atoms. The summed E-state index contributed by atoms with van der Waals surface area (Å²) in [5.74, 6) is 1.29. The van der Waals surface area contributed by atoms with Crippen LogP contribution in [-0.4, -0.2) is 72.5 Å². The Morgan fingerprint density at radius 2 is 2.08 bits per heavy atom. The predicted molar refractivity (Wildman–Crippen MR) is 96.8 cm³/mol. The quantitative estimate of drug-likeness (QED) is 0.876. The molecule has 0 bridgehead atoms. The number of urea groups is 1. The average Bonchev–Trinajstić information content (AvgIpc) is 3.00. The van der Waals surface area contributed by atoms with Gasteiger partial charge in [0.25, 0.3) is 0 Å². The Labute approximate surface area is 152 Å². The minimum Gasteiger partial charge on any atom is -0.353 e. The summed E-state index contributed by atoms with van der Waals surface area (Å²) in [7, 11) is 0. The number of hydrogen-bond donors (Lipinski definition) is 1. The molecule has 1 aromatic rings. The Morgan fingerprint density at radius 1 is 1.32 bits per heavy atom. The number of aromatic nitrogens is 1. The number of amides is 3. The molecule has 1 aromatic heterocycles. The van der Waals surface area contributed by atoms with E-state index in [4.69, 9.17) is 11.6 Å². The lowest BCUT2D eigenvalue weighted by atomic mass is 10.1. The van der Waals surface area contributed by atoms with Crippen LogP contribution in [-0.2, 0) is 4.79 Å². The van der Waals surface area contributed by atoms with Crippen LogP contribution in [0, 0.1) is 5.92 Å². The van der Waals surface area contributed by atoms with Gasteiger partial charge in [-0.05, 0) is 19.1 Å². The van der Waals surface area contributed by atoms with E-state index in [1.807, 2.05) is 28.9 Å². The van der Waals surface area contributed by atoms with E-state index >= 15 is 0 Å². The standard InChI is InChI=1S/C17H24ClN5O2/c1-2-21-12-13(9-16(21)24)10-20-17(25)23-7-5-22(6-8-23)15-4-3-14(18)11-19-15/h3-4,11,13H,2,5-10,12H2,1H3,(H,20,25). The lowest BCUT2D eigenvalue weighted by Gasteiger charge is -2.35. The summed E-state index contributed by atoms with van der Waals surface area (Å²) < 4.78 is 0. The van der Waals surface area contributed by atoms with Crippen LogP contribution in [0.3, 0.4) is 0 Å². The van der Waals surface area contributed by atoms with E-state index in [1.54, 1.807) is 6.20 Å². The average molecular weight is 366 g/mol. The van der Waals surface area contributed by atoms with Crippen molar-refractivity contribution in [3.05, 3.63) is 23.4 Å². The van der Waals surface area contributed by atoms with E-state index in [0.717, 1.165) is 32.0 Å². The number of halogens is 1. The number of likely N-dealkylation sites (tertiary alicyclic amines) is 1. The fourth-order valence-corrected chi connectivity index (χ4v) is 3.45. The van der Waals surface area contributed by atoms with Gasteiger partial charge in [-0.15, -0.1) is 0 Å². The monoisotopic (exact) mass is 365 g/mol. The Kier molecular flexibility index (Phi) is 5.63. The number of rotatable bonds is 4. The molecule has 2 aliphatic rings. The maximum atomic E-state index is 12.3. The fourth-order valence-electron chi connectivity index (χ4n) is 3.33. The zero-order valence-electron chi connectivity index (χ0n) is 14.4. The van der Waals surface area contributed by atoms with E-state index in [2.05, 4.69) is 15.2 Å². The normalized spacial score (nSPS) is 21.0. The van der Waals surface area contributed by atoms with Gasteiger partial charge in [-0.1, -0.05) is 11.6 Å². The van der Waals surface area contributed by atoms with Crippen molar-refractivity contribution in [2.45, 2.75) is 13.3 Å². The van der Waals surface area contributed by atoms with Crippen LogP contribution in [0.25, 0.3) is 0 Å². The third kappa shape index (κ3) is 4.34. The summed E-state index contributed by atoms with van der Waals surface area (Å²) in [6.07, 6.45) is 2.17. The highest BCUT2D eigenvalue weighted by atomic mass is 35.5. The zero-order valence-corrected chi connectivity index (χ0v) is 15.2. The summed E-state index contributed by atoms with van der Waals surface area (Å²) in [6.45, 7) is 6.81. The van der Waals surface area contributed by atoms with Crippen molar-refractivity contribution in [2.75, 3.05) is 50.7 Å². The number of carbonyl (C=O) groups excluding carboxylic acids is 2. The van der Waals surface area contributed by atoms with Gasteiger partial charge in [0.1, 0.15) is 5.82 Å². The van der Waals surface area contributed by atoms with Crippen molar-refractivity contribution >= 4 is 29.4 Å². The molecular formula is C17H24ClN5O2. The molecule has 1 atom stereocenters. The number of piperazine rings is 1. The summed E-state index contributed by atoms with van der Waals surface area (Å²) in [5.41, 5.74) is 0. The second-order valence-corrected chi connectivity index (χ2v) is 6.93. The summed E-state index contributed by atoms with van der Waals surface area (Å²) >= 11 is 5.86. The molecule has 3 rings (SSSR count). The first kappa shape index (κ1) is 17.8. The van der Waals surface area contributed by atoms with Gasteiger partial charge in [0.2, 0.25) is 5.91 Å². The molecule has 0 aromatic carbocycles.